The predicted molar refractivity (Wildman–Crippen MR) is 147 cm³/mol. The molecule has 0 amide bonds. The maximum absolute atomic E-state index is 13.3. The minimum absolute atomic E-state index is 0.148. The lowest BCUT2D eigenvalue weighted by Gasteiger charge is -2.35. The second-order valence-corrected chi connectivity index (χ2v) is 10.9. The van der Waals surface area contributed by atoms with E-state index in [9.17, 15) is 13.7 Å². The zero-order chi connectivity index (χ0) is 26.1. The summed E-state index contributed by atoms with van der Waals surface area (Å²) in [6, 6.07) is 37.6. The van der Waals surface area contributed by atoms with E-state index in [1.165, 1.54) is 0 Å². The van der Waals surface area contributed by atoms with Crippen LogP contribution >= 0.6 is 0 Å². The number of hydrogen-bond acceptors (Lipinski definition) is 4. The highest BCUT2D eigenvalue weighted by molar-refractivity contribution is 7.89. The number of nitriles is 1. The average molecular weight is 510 g/mol. The summed E-state index contributed by atoms with van der Waals surface area (Å²) in [4.78, 5) is 2.35. The van der Waals surface area contributed by atoms with Crippen molar-refractivity contribution < 1.29 is 8.42 Å². The Kier molecular flexibility index (Phi) is 8.86. The molecule has 37 heavy (non-hydrogen) atoms. The third kappa shape index (κ3) is 7.37. The Bertz CT molecular complexity index is 1360. The molecule has 4 rings (SSSR count). The molecule has 4 aromatic carbocycles. The standard InChI is InChI=1S/C31H31N3O2S/c1-25-17-19-29(20-18-25)37(35,36)33-30(22-32)31(21-26-11-5-2-6-12-26)34(23-27-13-7-3-8-14-27)24-28-15-9-4-10-16-28/h2-20,30-31,33H,21,23-24H2,1H3. The molecule has 5 nitrogen and oxygen atoms in total. The van der Waals surface area contributed by atoms with Crippen LogP contribution in [-0.2, 0) is 29.5 Å². The number of aryl methyl sites for hydroxylation is 1. The molecular weight excluding hydrogens is 478 g/mol. The molecule has 0 saturated heterocycles. The van der Waals surface area contributed by atoms with Gasteiger partial charge < -0.3 is 0 Å². The molecule has 2 unspecified atom stereocenters. The SMILES string of the molecule is Cc1ccc(S(=O)(=O)NC(C#N)C(Cc2ccccc2)N(Cc2ccccc2)Cc2ccccc2)cc1. The fourth-order valence-electron chi connectivity index (χ4n) is 4.38. The first-order valence-electron chi connectivity index (χ1n) is 12.3. The highest BCUT2D eigenvalue weighted by Crippen LogP contribution is 2.21. The molecule has 2 atom stereocenters. The molecule has 6 heteroatoms. The van der Waals surface area contributed by atoms with E-state index < -0.39 is 22.1 Å². The van der Waals surface area contributed by atoms with Gasteiger partial charge in [0.2, 0.25) is 10.0 Å². The van der Waals surface area contributed by atoms with Crippen molar-refractivity contribution in [1.29, 1.82) is 5.26 Å². The van der Waals surface area contributed by atoms with Gasteiger partial charge in [-0.05, 0) is 42.2 Å². The van der Waals surface area contributed by atoms with Crippen molar-refractivity contribution in [3.05, 3.63) is 138 Å². The summed E-state index contributed by atoms with van der Waals surface area (Å²) in [6.45, 7) is 3.04. The molecule has 0 aliphatic rings. The van der Waals surface area contributed by atoms with Crippen LogP contribution in [0.25, 0.3) is 0 Å². The molecule has 1 N–H and O–H groups in total. The van der Waals surface area contributed by atoms with Crippen molar-refractivity contribution in [2.24, 2.45) is 0 Å². The molecule has 0 fully saturated rings. The Labute approximate surface area is 220 Å². The summed E-state index contributed by atoms with van der Waals surface area (Å²) >= 11 is 0. The van der Waals surface area contributed by atoms with Gasteiger partial charge in [-0.1, -0.05) is 109 Å². The number of nitrogens with zero attached hydrogens (tertiary/aromatic N) is 2. The van der Waals surface area contributed by atoms with Crippen LogP contribution < -0.4 is 4.72 Å². The van der Waals surface area contributed by atoms with E-state index >= 15 is 0 Å². The van der Waals surface area contributed by atoms with Crippen LogP contribution in [0.15, 0.2) is 120 Å². The van der Waals surface area contributed by atoms with Gasteiger partial charge in [0.15, 0.2) is 0 Å². The van der Waals surface area contributed by atoms with Gasteiger partial charge in [0, 0.05) is 19.1 Å². The maximum Gasteiger partial charge on any atom is 0.241 e. The number of benzene rings is 4. The van der Waals surface area contributed by atoms with Gasteiger partial charge in [-0.2, -0.15) is 9.98 Å². The highest BCUT2D eigenvalue weighted by atomic mass is 32.2. The zero-order valence-corrected chi connectivity index (χ0v) is 21.7. The molecule has 0 aromatic heterocycles. The van der Waals surface area contributed by atoms with Crippen molar-refractivity contribution in [1.82, 2.24) is 9.62 Å². The van der Waals surface area contributed by atoms with Gasteiger partial charge in [-0.3, -0.25) is 4.90 Å². The zero-order valence-electron chi connectivity index (χ0n) is 20.9. The van der Waals surface area contributed by atoms with E-state index in [4.69, 9.17) is 0 Å². The third-order valence-corrected chi connectivity index (χ3v) is 7.81. The van der Waals surface area contributed by atoms with Gasteiger partial charge in [0.05, 0.1) is 11.0 Å². The van der Waals surface area contributed by atoms with Gasteiger partial charge in [-0.15, -0.1) is 0 Å². The molecular formula is C31H31N3O2S. The van der Waals surface area contributed by atoms with E-state index in [-0.39, 0.29) is 4.90 Å². The van der Waals surface area contributed by atoms with Crippen LogP contribution in [-0.4, -0.2) is 25.4 Å². The Balaban J connectivity index is 1.72. The normalized spacial score (nSPS) is 13.1. The molecule has 0 aliphatic heterocycles. The van der Waals surface area contributed by atoms with Crippen LogP contribution in [0.2, 0.25) is 0 Å². The van der Waals surface area contributed by atoms with E-state index in [0.717, 1.165) is 22.3 Å². The number of hydrogen-bond donors (Lipinski definition) is 1. The Morgan fingerprint density at radius 1 is 0.730 bits per heavy atom. The summed E-state index contributed by atoms with van der Waals surface area (Å²) in [5.41, 5.74) is 4.19. The first-order chi connectivity index (χ1) is 17.9. The molecule has 188 valence electrons. The highest BCUT2D eigenvalue weighted by Gasteiger charge is 2.32. The van der Waals surface area contributed by atoms with E-state index in [2.05, 4.69) is 40.0 Å². The second-order valence-electron chi connectivity index (χ2n) is 9.17. The van der Waals surface area contributed by atoms with Gasteiger partial charge in [-0.25, -0.2) is 8.42 Å². The summed E-state index contributed by atoms with van der Waals surface area (Å²) in [6.07, 6.45) is 0.509. The lowest BCUT2D eigenvalue weighted by Crippen LogP contribution is -2.51. The predicted octanol–water partition coefficient (Wildman–Crippen LogP) is 5.48. The largest absolute Gasteiger partial charge is 0.289 e. The summed E-state index contributed by atoms with van der Waals surface area (Å²) in [7, 11) is -3.90. The van der Waals surface area contributed by atoms with Gasteiger partial charge >= 0.3 is 0 Å². The molecule has 0 spiro atoms. The average Bonchev–Trinajstić information content (AvgIpc) is 2.92. The molecule has 0 aliphatic carbocycles. The summed E-state index contributed by atoms with van der Waals surface area (Å²) < 4.78 is 29.4. The van der Waals surface area contributed by atoms with Crippen molar-refractivity contribution in [3.63, 3.8) is 0 Å². The Morgan fingerprint density at radius 2 is 1.19 bits per heavy atom. The molecule has 4 aromatic rings. The first-order valence-corrected chi connectivity index (χ1v) is 13.8. The van der Waals surface area contributed by atoms with Crippen LogP contribution in [0.5, 0.6) is 0 Å². The van der Waals surface area contributed by atoms with Crippen molar-refractivity contribution >= 4 is 10.0 Å². The van der Waals surface area contributed by atoms with E-state index in [1.807, 2.05) is 73.7 Å². The Morgan fingerprint density at radius 3 is 1.65 bits per heavy atom. The lowest BCUT2D eigenvalue weighted by atomic mass is 9.97. The topological polar surface area (TPSA) is 73.2 Å². The van der Waals surface area contributed by atoms with Crippen LogP contribution in [0.1, 0.15) is 22.3 Å². The molecule has 0 radical (unpaired) electrons. The maximum atomic E-state index is 13.3. The van der Waals surface area contributed by atoms with Crippen molar-refractivity contribution in [2.75, 3.05) is 0 Å². The minimum Gasteiger partial charge on any atom is -0.289 e. The van der Waals surface area contributed by atoms with Gasteiger partial charge in [0.25, 0.3) is 0 Å². The molecule has 0 heterocycles. The number of nitrogens with one attached hydrogen (secondary N) is 1. The molecule has 0 saturated carbocycles. The van der Waals surface area contributed by atoms with Crippen LogP contribution in [0, 0.1) is 18.3 Å². The molecule has 0 bridgehead atoms. The van der Waals surface area contributed by atoms with Crippen LogP contribution in [0.3, 0.4) is 0 Å². The van der Waals surface area contributed by atoms with E-state index in [1.54, 1.807) is 24.3 Å². The van der Waals surface area contributed by atoms with Crippen molar-refractivity contribution in [3.8, 4) is 6.07 Å². The van der Waals surface area contributed by atoms with Gasteiger partial charge in [0.1, 0.15) is 6.04 Å². The summed E-state index contributed by atoms with van der Waals surface area (Å²) in [5.74, 6) is 0. The van der Waals surface area contributed by atoms with Crippen molar-refractivity contribution in [2.45, 2.75) is 43.4 Å². The quantitative estimate of drug-likeness (QED) is 0.291. The van der Waals surface area contributed by atoms with Crippen LogP contribution in [0.4, 0.5) is 0 Å². The lowest BCUT2D eigenvalue weighted by molar-refractivity contribution is 0.161. The fourth-order valence-corrected chi connectivity index (χ4v) is 5.56. The third-order valence-electron chi connectivity index (χ3n) is 6.35. The first kappa shape index (κ1) is 26.3. The summed E-state index contributed by atoms with van der Waals surface area (Å²) in [5, 5.41) is 10.3. The monoisotopic (exact) mass is 509 g/mol. The smallest absolute Gasteiger partial charge is 0.241 e. The second kappa shape index (κ2) is 12.5. The minimum atomic E-state index is -3.90. The van der Waals surface area contributed by atoms with E-state index in [0.29, 0.717) is 19.5 Å². The number of sulfonamides is 1. The Hall–Kier alpha value is -3.76. The number of rotatable bonds is 11. The fraction of sp³-hybridized carbons (Fsp3) is 0.194.